The highest BCUT2D eigenvalue weighted by atomic mass is 16.5. The van der Waals surface area contributed by atoms with E-state index in [0.717, 1.165) is 41.0 Å². The largest absolute Gasteiger partial charge is 0.496 e. The third kappa shape index (κ3) is 4.75. The minimum Gasteiger partial charge on any atom is -0.496 e. The van der Waals surface area contributed by atoms with Gasteiger partial charge in [0.25, 0.3) is 0 Å². The molecule has 0 saturated carbocycles. The van der Waals surface area contributed by atoms with Crippen molar-refractivity contribution in [2.45, 2.75) is 47.5 Å². The fraction of sp³-hybridized carbons (Fsp3) is 0.526. The standard InChI is InChI=1S/C19H28O4/c1-12(10-11-23-16(5)20)8-9-17-15(4)18(21-6)13(2)14(3)19(17)22-7/h10H,8-9,11H2,1-7H3/b12-10-. The first-order chi connectivity index (χ1) is 10.8. The molecule has 0 N–H and O–H groups in total. The van der Waals surface area contributed by atoms with Crippen LogP contribution in [-0.4, -0.2) is 26.8 Å². The monoisotopic (exact) mass is 320 g/mol. The Kier molecular flexibility index (Phi) is 7.14. The Hall–Kier alpha value is -1.97. The zero-order valence-electron chi connectivity index (χ0n) is 15.3. The van der Waals surface area contributed by atoms with Crippen molar-refractivity contribution in [3.8, 4) is 11.5 Å². The van der Waals surface area contributed by atoms with Gasteiger partial charge in [0.2, 0.25) is 0 Å². The molecule has 0 radical (unpaired) electrons. The van der Waals surface area contributed by atoms with Crippen LogP contribution in [0, 0.1) is 20.8 Å². The molecule has 128 valence electrons. The number of methoxy groups -OCH3 is 2. The number of esters is 1. The third-order valence-electron chi connectivity index (χ3n) is 4.21. The van der Waals surface area contributed by atoms with Crippen LogP contribution in [0.2, 0.25) is 0 Å². The highest BCUT2D eigenvalue weighted by Gasteiger charge is 2.18. The van der Waals surface area contributed by atoms with Crippen LogP contribution in [0.5, 0.6) is 11.5 Å². The molecule has 1 aromatic rings. The minimum absolute atomic E-state index is 0.259. The van der Waals surface area contributed by atoms with E-state index in [9.17, 15) is 4.79 Å². The minimum atomic E-state index is -0.259. The van der Waals surface area contributed by atoms with E-state index >= 15 is 0 Å². The lowest BCUT2D eigenvalue weighted by molar-refractivity contribution is -0.139. The van der Waals surface area contributed by atoms with Gasteiger partial charge < -0.3 is 14.2 Å². The maximum atomic E-state index is 10.8. The van der Waals surface area contributed by atoms with Gasteiger partial charge in [0.15, 0.2) is 0 Å². The van der Waals surface area contributed by atoms with Crippen LogP contribution in [0.25, 0.3) is 0 Å². The Morgan fingerprint density at radius 3 is 2.04 bits per heavy atom. The van der Waals surface area contributed by atoms with Crippen molar-refractivity contribution >= 4 is 5.97 Å². The summed E-state index contributed by atoms with van der Waals surface area (Å²) in [5, 5.41) is 0. The van der Waals surface area contributed by atoms with Gasteiger partial charge >= 0.3 is 5.97 Å². The first-order valence-corrected chi connectivity index (χ1v) is 7.83. The number of benzene rings is 1. The average Bonchev–Trinajstić information content (AvgIpc) is 2.49. The van der Waals surface area contributed by atoms with Gasteiger partial charge in [-0.15, -0.1) is 0 Å². The summed E-state index contributed by atoms with van der Waals surface area (Å²) in [5.74, 6) is 1.61. The van der Waals surface area contributed by atoms with Crippen molar-refractivity contribution in [2.75, 3.05) is 20.8 Å². The number of ether oxygens (including phenoxy) is 3. The van der Waals surface area contributed by atoms with Gasteiger partial charge in [-0.25, -0.2) is 0 Å². The molecule has 23 heavy (non-hydrogen) atoms. The van der Waals surface area contributed by atoms with E-state index in [1.165, 1.54) is 18.1 Å². The van der Waals surface area contributed by atoms with Crippen LogP contribution in [-0.2, 0) is 16.0 Å². The molecule has 0 saturated heterocycles. The van der Waals surface area contributed by atoms with Crippen LogP contribution < -0.4 is 9.47 Å². The maximum Gasteiger partial charge on any atom is 0.302 e. The molecule has 0 amide bonds. The molecule has 0 aliphatic heterocycles. The average molecular weight is 320 g/mol. The van der Waals surface area contributed by atoms with E-state index in [0.29, 0.717) is 6.61 Å². The molecule has 0 heterocycles. The molecule has 0 aromatic heterocycles. The Balaban J connectivity index is 3.00. The summed E-state index contributed by atoms with van der Waals surface area (Å²) in [4.78, 5) is 10.8. The van der Waals surface area contributed by atoms with E-state index in [1.54, 1.807) is 14.2 Å². The van der Waals surface area contributed by atoms with Crippen LogP contribution in [0.3, 0.4) is 0 Å². The number of carbonyl (C=O) groups is 1. The topological polar surface area (TPSA) is 44.8 Å². The van der Waals surface area contributed by atoms with Crippen LogP contribution in [0.4, 0.5) is 0 Å². The number of hydrogen-bond acceptors (Lipinski definition) is 4. The zero-order chi connectivity index (χ0) is 17.6. The second-order valence-electron chi connectivity index (χ2n) is 5.77. The normalized spacial score (nSPS) is 11.3. The second-order valence-corrected chi connectivity index (χ2v) is 5.77. The summed E-state index contributed by atoms with van der Waals surface area (Å²) in [7, 11) is 3.41. The predicted molar refractivity (Wildman–Crippen MR) is 92.5 cm³/mol. The molecule has 0 fully saturated rings. The summed E-state index contributed by atoms with van der Waals surface area (Å²) in [6.07, 6.45) is 3.68. The molecule has 1 rings (SSSR count). The van der Waals surface area contributed by atoms with Gasteiger partial charge in [0.05, 0.1) is 14.2 Å². The van der Waals surface area contributed by atoms with Crippen LogP contribution >= 0.6 is 0 Å². The quantitative estimate of drug-likeness (QED) is 0.561. The van der Waals surface area contributed by atoms with E-state index in [-0.39, 0.29) is 5.97 Å². The summed E-state index contributed by atoms with van der Waals surface area (Å²) >= 11 is 0. The van der Waals surface area contributed by atoms with E-state index in [1.807, 2.05) is 13.0 Å². The van der Waals surface area contributed by atoms with Crippen LogP contribution in [0.1, 0.15) is 42.5 Å². The molecule has 0 atom stereocenters. The van der Waals surface area contributed by atoms with Gasteiger partial charge in [-0.3, -0.25) is 4.79 Å². The molecular formula is C19H28O4. The highest BCUT2D eigenvalue weighted by molar-refractivity contribution is 5.66. The van der Waals surface area contributed by atoms with Crippen molar-refractivity contribution < 1.29 is 19.0 Å². The Labute approximate surface area is 139 Å². The smallest absolute Gasteiger partial charge is 0.302 e. The molecular weight excluding hydrogens is 292 g/mol. The fourth-order valence-electron chi connectivity index (χ4n) is 2.76. The Morgan fingerprint density at radius 1 is 0.957 bits per heavy atom. The molecule has 0 aliphatic rings. The third-order valence-corrected chi connectivity index (χ3v) is 4.21. The fourth-order valence-corrected chi connectivity index (χ4v) is 2.76. The Morgan fingerprint density at radius 2 is 1.52 bits per heavy atom. The van der Waals surface area contributed by atoms with Gasteiger partial charge in [-0.1, -0.05) is 5.57 Å². The van der Waals surface area contributed by atoms with Crippen molar-refractivity contribution in [1.29, 1.82) is 0 Å². The van der Waals surface area contributed by atoms with Gasteiger partial charge in [0, 0.05) is 12.5 Å². The van der Waals surface area contributed by atoms with Gasteiger partial charge in [-0.2, -0.15) is 0 Å². The summed E-state index contributed by atoms with van der Waals surface area (Å²) in [6.45, 7) is 9.97. The zero-order valence-corrected chi connectivity index (χ0v) is 15.3. The lowest BCUT2D eigenvalue weighted by Crippen LogP contribution is -2.04. The molecule has 0 spiro atoms. The lowest BCUT2D eigenvalue weighted by Gasteiger charge is -2.20. The summed E-state index contributed by atoms with van der Waals surface area (Å²) in [6, 6.07) is 0. The van der Waals surface area contributed by atoms with Crippen molar-refractivity contribution in [2.24, 2.45) is 0 Å². The SMILES string of the molecule is COc1c(C)c(C)c(OC)c(CC/C(C)=C\COC(C)=O)c1C. The first-order valence-electron chi connectivity index (χ1n) is 7.83. The number of rotatable bonds is 7. The van der Waals surface area contributed by atoms with E-state index in [2.05, 4.69) is 20.8 Å². The number of allylic oxidation sites excluding steroid dienone is 1. The summed E-state index contributed by atoms with van der Waals surface area (Å²) in [5.41, 5.74) is 5.72. The second kappa shape index (κ2) is 8.61. The lowest BCUT2D eigenvalue weighted by atomic mass is 9.93. The molecule has 0 unspecified atom stereocenters. The van der Waals surface area contributed by atoms with Crippen molar-refractivity contribution in [1.82, 2.24) is 0 Å². The van der Waals surface area contributed by atoms with Crippen LogP contribution in [0.15, 0.2) is 11.6 Å². The highest BCUT2D eigenvalue weighted by Crippen LogP contribution is 2.38. The van der Waals surface area contributed by atoms with Crippen molar-refractivity contribution in [3.63, 3.8) is 0 Å². The van der Waals surface area contributed by atoms with E-state index < -0.39 is 0 Å². The Bertz CT molecular complexity index is 600. The molecule has 0 aliphatic carbocycles. The molecule has 4 heteroatoms. The van der Waals surface area contributed by atoms with E-state index in [4.69, 9.17) is 14.2 Å². The molecule has 0 bridgehead atoms. The van der Waals surface area contributed by atoms with Crippen molar-refractivity contribution in [3.05, 3.63) is 33.9 Å². The van der Waals surface area contributed by atoms with Gasteiger partial charge in [-0.05, 0) is 63.3 Å². The molecule has 1 aromatic carbocycles. The number of hydrogen-bond donors (Lipinski definition) is 0. The first kappa shape index (κ1) is 19.1. The predicted octanol–water partition coefficient (Wildman–Crippen LogP) is 4.07. The number of carbonyl (C=O) groups excluding carboxylic acids is 1. The summed E-state index contributed by atoms with van der Waals surface area (Å²) < 4.78 is 16.1. The molecule has 4 nitrogen and oxygen atoms in total. The maximum absolute atomic E-state index is 10.8. The van der Waals surface area contributed by atoms with Gasteiger partial charge in [0.1, 0.15) is 18.1 Å².